The summed E-state index contributed by atoms with van der Waals surface area (Å²) in [6.07, 6.45) is -0.611. The number of aliphatic hydroxyl groups is 1. The van der Waals surface area contributed by atoms with Crippen molar-refractivity contribution in [3.63, 3.8) is 0 Å². The van der Waals surface area contributed by atoms with E-state index in [-0.39, 0.29) is 12.6 Å². The van der Waals surface area contributed by atoms with Gasteiger partial charge < -0.3 is 9.84 Å². The molecule has 1 rings (SSSR count). The van der Waals surface area contributed by atoms with E-state index >= 15 is 0 Å². The van der Waals surface area contributed by atoms with Crippen molar-refractivity contribution in [3.8, 4) is 11.8 Å². The summed E-state index contributed by atoms with van der Waals surface area (Å²) in [5.74, 6) is 0.852. The van der Waals surface area contributed by atoms with Crippen LogP contribution in [0.2, 0.25) is 0 Å². The van der Waals surface area contributed by atoms with Crippen LogP contribution in [0.3, 0.4) is 0 Å². The molecule has 1 N–H and O–H groups in total. The molecule has 0 amide bonds. The number of aryl methyl sites for hydroxylation is 2. The van der Waals surface area contributed by atoms with Crippen molar-refractivity contribution in [1.82, 2.24) is 4.90 Å². The van der Waals surface area contributed by atoms with Gasteiger partial charge in [-0.3, -0.25) is 4.90 Å². The van der Waals surface area contributed by atoms with E-state index in [1.165, 1.54) is 5.56 Å². The van der Waals surface area contributed by atoms with E-state index in [9.17, 15) is 5.11 Å². The normalized spacial score (nSPS) is 12.5. The first-order chi connectivity index (χ1) is 9.86. The Morgan fingerprint density at radius 1 is 1.24 bits per heavy atom. The third-order valence-corrected chi connectivity index (χ3v) is 3.74. The molecule has 0 bridgehead atoms. The number of nitriles is 1. The zero-order valence-electron chi connectivity index (χ0n) is 13.7. The van der Waals surface area contributed by atoms with Gasteiger partial charge in [-0.15, -0.1) is 0 Å². The summed E-state index contributed by atoms with van der Waals surface area (Å²) >= 11 is 0. The standard InChI is InChI=1S/C17H26N2O2/c1-12(2)19(9-8-18)10-16(20)11-21-17-14(4)7-6-13(3)15(17)5/h6-7,12,16,20H,9-11H2,1-5H3. The van der Waals surface area contributed by atoms with Gasteiger partial charge in [0, 0.05) is 12.6 Å². The van der Waals surface area contributed by atoms with E-state index in [0.717, 1.165) is 16.9 Å². The summed E-state index contributed by atoms with van der Waals surface area (Å²) < 4.78 is 5.81. The fourth-order valence-electron chi connectivity index (χ4n) is 2.20. The predicted octanol–water partition coefficient (Wildman–Crippen LogP) is 2.59. The fourth-order valence-corrected chi connectivity index (χ4v) is 2.20. The lowest BCUT2D eigenvalue weighted by atomic mass is 10.1. The van der Waals surface area contributed by atoms with Crippen molar-refractivity contribution in [1.29, 1.82) is 5.26 Å². The molecule has 1 unspecified atom stereocenters. The quantitative estimate of drug-likeness (QED) is 0.784. The topological polar surface area (TPSA) is 56.5 Å². The Hall–Kier alpha value is -1.57. The molecule has 4 heteroatoms. The molecule has 116 valence electrons. The van der Waals surface area contributed by atoms with Crippen LogP contribution in [0, 0.1) is 32.1 Å². The van der Waals surface area contributed by atoms with E-state index in [1.54, 1.807) is 0 Å². The zero-order valence-corrected chi connectivity index (χ0v) is 13.7. The van der Waals surface area contributed by atoms with Gasteiger partial charge in [0.1, 0.15) is 18.5 Å². The van der Waals surface area contributed by atoms with E-state index in [0.29, 0.717) is 13.1 Å². The van der Waals surface area contributed by atoms with Gasteiger partial charge in [0.15, 0.2) is 0 Å². The van der Waals surface area contributed by atoms with E-state index in [2.05, 4.69) is 12.1 Å². The number of ether oxygens (including phenoxy) is 1. The smallest absolute Gasteiger partial charge is 0.125 e. The van der Waals surface area contributed by atoms with Crippen LogP contribution in [0.1, 0.15) is 30.5 Å². The second-order valence-corrected chi connectivity index (χ2v) is 5.80. The highest BCUT2D eigenvalue weighted by Crippen LogP contribution is 2.25. The van der Waals surface area contributed by atoms with Gasteiger partial charge in [-0.05, 0) is 51.3 Å². The summed E-state index contributed by atoms with van der Waals surface area (Å²) in [6.45, 7) is 11.1. The largest absolute Gasteiger partial charge is 0.490 e. The molecule has 21 heavy (non-hydrogen) atoms. The Kier molecular flexibility index (Phi) is 6.67. The lowest BCUT2D eigenvalue weighted by Gasteiger charge is -2.26. The predicted molar refractivity (Wildman–Crippen MR) is 84.5 cm³/mol. The molecule has 0 heterocycles. The minimum atomic E-state index is -0.611. The molecule has 1 aromatic carbocycles. The first kappa shape index (κ1) is 17.5. The second kappa shape index (κ2) is 8.02. The van der Waals surface area contributed by atoms with Crippen LogP contribution in [0.25, 0.3) is 0 Å². The summed E-state index contributed by atoms with van der Waals surface area (Å²) in [5.41, 5.74) is 3.36. The summed E-state index contributed by atoms with van der Waals surface area (Å²) in [5, 5.41) is 18.9. The highest BCUT2D eigenvalue weighted by atomic mass is 16.5. The average molecular weight is 290 g/mol. The van der Waals surface area contributed by atoms with Crippen LogP contribution in [-0.2, 0) is 0 Å². The highest BCUT2D eigenvalue weighted by molar-refractivity contribution is 5.44. The monoisotopic (exact) mass is 290 g/mol. The van der Waals surface area contributed by atoms with E-state index < -0.39 is 6.10 Å². The zero-order chi connectivity index (χ0) is 16.0. The highest BCUT2D eigenvalue weighted by Gasteiger charge is 2.16. The van der Waals surface area contributed by atoms with E-state index in [1.807, 2.05) is 45.6 Å². The second-order valence-electron chi connectivity index (χ2n) is 5.80. The first-order valence-electron chi connectivity index (χ1n) is 7.35. The number of hydrogen-bond donors (Lipinski definition) is 1. The average Bonchev–Trinajstić information content (AvgIpc) is 2.42. The lowest BCUT2D eigenvalue weighted by molar-refractivity contribution is 0.0624. The van der Waals surface area contributed by atoms with Crippen LogP contribution in [0.5, 0.6) is 5.75 Å². The summed E-state index contributed by atoms with van der Waals surface area (Å²) in [6, 6.07) is 6.45. The molecule has 0 aliphatic carbocycles. The van der Waals surface area contributed by atoms with Gasteiger partial charge in [0.05, 0.1) is 12.6 Å². The van der Waals surface area contributed by atoms with Crippen LogP contribution in [0.4, 0.5) is 0 Å². The lowest BCUT2D eigenvalue weighted by Crippen LogP contribution is -2.40. The van der Waals surface area contributed by atoms with Gasteiger partial charge in [0.25, 0.3) is 0 Å². The molecule has 0 saturated carbocycles. The molecule has 4 nitrogen and oxygen atoms in total. The van der Waals surface area contributed by atoms with Crippen molar-refractivity contribution in [2.75, 3.05) is 19.7 Å². The first-order valence-corrected chi connectivity index (χ1v) is 7.35. The summed E-state index contributed by atoms with van der Waals surface area (Å²) in [7, 11) is 0. The number of rotatable bonds is 7. The Balaban J connectivity index is 2.63. The van der Waals surface area contributed by atoms with Gasteiger partial charge in [-0.1, -0.05) is 12.1 Å². The van der Waals surface area contributed by atoms with Gasteiger partial charge >= 0.3 is 0 Å². The summed E-state index contributed by atoms with van der Waals surface area (Å²) in [4.78, 5) is 1.93. The maximum Gasteiger partial charge on any atom is 0.125 e. The minimum absolute atomic E-state index is 0.224. The Labute approximate surface area is 128 Å². The van der Waals surface area contributed by atoms with Crippen molar-refractivity contribution in [3.05, 3.63) is 28.8 Å². The maximum absolute atomic E-state index is 10.1. The van der Waals surface area contributed by atoms with E-state index in [4.69, 9.17) is 10.00 Å². The molecular formula is C17H26N2O2. The molecule has 0 aromatic heterocycles. The van der Waals surface area contributed by atoms with Gasteiger partial charge in [0.2, 0.25) is 0 Å². The van der Waals surface area contributed by atoms with Crippen LogP contribution >= 0.6 is 0 Å². The van der Waals surface area contributed by atoms with Crippen molar-refractivity contribution in [2.24, 2.45) is 0 Å². The van der Waals surface area contributed by atoms with Crippen molar-refractivity contribution < 1.29 is 9.84 Å². The van der Waals surface area contributed by atoms with Crippen LogP contribution in [0.15, 0.2) is 12.1 Å². The van der Waals surface area contributed by atoms with Crippen molar-refractivity contribution in [2.45, 2.75) is 46.8 Å². The molecule has 0 radical (unpaired) electrons. The number of hydrogen-bond acceptors (Lipinski definition) is 4. The molecule has 1 atom stereocenters. The number of aliphatic hydroxyl groups excluding tert-OH is 1. The van der Waals surface area contributed by atoms with Gasteiger partial charge in [-0.2, -0.15) is 5.26 Å². The molecule has 0 saturated heterocycles. The van der Waals surface area contributed by atoms with Crippen molar-refractivity contribution >= 4 is 0 Å². The molecule has 1 aromatic rings. The number of benzene rings is 1. The molecule has 0 aliphatic rings. The molecular weight excluding hydrogens is 264 g/mol. The molecule has 0 aliphatic heterocycles. The third-order valence-electron chi connectivity index (χ3n) is 3.74. The number of nitrogens with zero attached hydrogens (tertiary/aromatic N) is 2. The Bertz CT molecular complexity index is 506. The Morgan fingerprint density at radius 2 is 1.86 bits per heavy atom. The van der Waals surface area contributed by atoms with Crippen LogP contribution in [-0.4, -0.2) is 41.8 Å². The van der Waals surface area contributed by atoms with Gasteiger partial charge in [-0.25, -0.2) is 0 Å². The third kappa shape index (κ3) is 5.04. The molecule has 0 spiro atoms. The minimum Gasteiger partial charge on any atom is -0.490 e. The Morgan fingerprint density at radius 3 is 2.43 bits per heavy atom. The van der Waals surface area contributed by atoms with Crippen LogP contribution < -0.4 is 4.74 Å². The molecule has 0 fully saturated rings. The maximum atomic E-state index is 10.1. The fraction of sp³-hybridized carbons (Fsp3) is 0.588. The SMILES string of the molecule is Cc1ccc(C)c(OCC(O)CN(CC#N)C(C)C)c1C.